The van der Waals surface area contributed by atoms with Crippen molar-refractivity contribution in [3.8, 4) is 5.75 Å². The van der Waals surface area contributed by atoms with Crippen LogP contribution >= 0.6 is 0 Å². The molecule has 0 spiro atoms. The normalized spacial score (nSPS) is 13.9. The molecule has 1 atom stereocenters. The van der Waals surface area contributed by atoms with E-state index in [1.54, 1.807) is 24.3 Å². The predicted molar refractivity (Wildman–Crippen MR) is 55.5 cm³/mol. The summed E-state index contributed by atoms with van der Waals surface area (Å²) in [7, 11) is 1.53. The number of nitrogens with zero attached hydrogens (tertiary/aromatic N) is 1. The molecule has 1 aromatic rings. The van der Waals surface area contributed by atoms with Crippen LogP contribution in [0.5, 0.6) is 5.75 Å². The molecule has 1 unspecified atom stereocenters. The van der Waals surface area contributed by atoms with Gasteiger partial charge in [-0.3, -0.25) is 0 Å². The first-order valence-electron chi connectivity index (χ1n) is 4.60. The van der Waals surface area contributed by atoms with Crippen LogP contribution in [0, 0.1) is 10.1 Å². The van der Waals surface area contributed by atoms with Crippen LogP contribution in [0.3, 0.4) is 0 Å². The van der Waals surface area contributed by atoms with Gasteiger partial charge >= 0.3 is 0 Å². The molecule has 1 aromatic carbocycles. The zero-order chi connectivity index (χ0) is 12.2. The fourth-order valence-corrected chi connectivity index (χ4v) is 1.21. The zero-order valence-electron chi connectivity index (χ0n) is 9.04. The maximum absolute atomic E-state index is 10.0. The molecular formula is C10H13NO5. The molecule has 88 valence electrons. The summed E-state index contributed by atoms with van der Waals surface area (Å²) in [6, 6.07) is 6.58. The molecule has 6 heteroatoms. The predicted octanol–water partition coefficient (Wildman–Crippen LogP) is 1.11. The van der Waals surface area contributed by atoms with Gasteiger partial charge in [0.25, 0.3) is 5.09 Å². The van der Waals surface area contributed by atoms with Gasteiger partial charge in [0.05, 0.1) is 7.11 Å². The highest BCUT2D eigenvalue weighted by atomic mass is 17.0. The van der Waals surface area contributed by atoms with E-state index in [-0.39, 0.29) is 0 Å². The Bertz CT molecular complexity index is 360. The Hall–Kier alpha value is -1.82. The van der Waals surface area contributed by atoms with Crippen molar-refractivity contribution in [2.75, 3.05) is 13.7 Å². The largest absolute Gasteiger partial charge is 0.497 e. The highest BCUT2D eigenvalue weighted by Crippen LogP contribution is 2.23. The van der Waals surface area contributed by atoms with Crippen molar-refractivity contribution in [2.24, 2.45) is 0 Å². The SMILES string of the molecule is COc1ccc(C(C)(O)CO[N+](=O)[O-])cc1. The van der Waals surface area contributed by atoms with Gasteiger partial charge in [0.1, 0.15) is 18.0 Å². The molecule has 0 saturated carbocycles. The van der Waals surface area contributed by atoms with Crippen LogP contribution in [0.1, 0.15) is 12.5 Å². The molecule has 16 heavy (non-hydrogen) atoms. The highest BCUT2D eigenvalue weighted by molar-refractivity contribution is 5.30. The first-order chi connectivity index (χ1) is 7.45. The van der Waals surface area contributed by atoms with E-state index in [9.17, 15) is 15.2 Å². The van der Waals surface area contributed by atoms with Gasteiger partial charge in [-0.2, -0.15) is 0 Å². The number of methoxy groups -OCH3 is 1. The highest BCUT2D eigenvalue weighted by Gasteiger charge is 2.24. The second kappa shape index (κ2) is 4.80. The van der Waals surface area contributed by atoms with Crippen LogP contribution in [-0.4, -0.2) is 23.9 Å². The van der Waals surface area contributed by atoms with E-state index in [4.69, 9.17) is 4.74 Å². The van der Waals surface area contributed by atoms with Crippen molar-refractivity contribution >= 4 is 0 Å². The lowest BCUT2D eigenvalue weighted by Gasteiger charge is -2.22. The molecule has 1 rings (SSSR count). The number of aliphatic hydroxyl groups is 1. The molecule has 1 N–H and O–H groups in total. The van der Waals surface area contributed by atoms with E-state index in [1.807, 2.05) is 0 Å². The maximum Gasteiger partial charge on any atom is 0.294 e. The van der Waals surface area contributed by atoms with Crippen molar-refractivity contribution in [1.29, 1.82) is 0 Å². The third-order valence-electron chi connectivity index (χ3n) is 2.16. The third-order valence-corrected chi connectivity index (χ3v) is 2.16. The van der Waals surface area contributed by atoms with E-state index >= 15 is 0 Å². The number of hydrogen-bond acceptors (Lipinski definition) is 5. The molecule has 0 aliphatic rings. The maximum atomic E-state index is 10.0. The second-order valence-corrected chi connectivity index (χ2v) is 3.50. The summed E-state index contributed by atoms with van der Waals surface area (Å²) in [5, 5.41) is 19.0. The van der Waals surface area contributed by atoms with Gasteiger partial charge in [0.2, 0.25) is 0 Å². The van der Waals surface area contributed by atoms with Crippen molar-refractivity contribution in [3.63, 3.8) is 0 Å². The minimum atomic E-state index is -1.40. The topological polar surface area (TPSA) is 81.8 Å². The lowest BCUT2D eigenvalue weighted by Crippen LogP contribution is -2.29. The molecular weight excluding hydrogens is 214 g/mol. The van der Waals surface area contributed by atoms with E-state index < -0.39 is 17.3 Å². The minimum Gasteiger partial charge on any atom is -0.497 e. The Morgan fingerprint density at radius 3 is 2.44 bits per heavy atom. The summed E-state index contributed by atoms with van der Waals surface area (Å²) in [5.41, 5.74) is -0.880. The first kappa shape index (κ1) is 12.3. The number of benzene rings is 1. The summed E-state index contributed by atoms with van der Waals surface area (Å²) < 4.78 is 4.96. The fourth-order valence-electron chi connectivity index (χ4n) is 1.21. The third kappa shape index (κ3) is 3.09. The number of hydrogen-bond donors (Lipinski definition) is 1. The number of ether oxygens (including phenoxy) is 1. The molecule has 0 heterocycles. The van der Waals surface area contributed by atoms with Gasteiger partial charge in [-0.25, -0.2) is 0 Å². The van der Waals surface area contributed by atoms with Crippen LogP contribution < -0.4 is 4.74 Å². The summed E-state index contributed by atoms with van der Waals surface area (Å²) >= 11 is 0. The van der Waals surface area contributed by atoms with Gasteiger partial charge in [-0.05, 0) is 24.6 Å². The van der Waals surface area contributed by atoms with Crippen LogP contribution in [0.15, 0.2) is 24.3 Å². The van der Waals surface area contributed by atoms with Crippen molar-refractivity contribution in [3.05, 3.63) is 39.9 Å². The van der Waals surface area contributed by atoms with Gasteiger partial charge in [0.15, 0.2) is 0 Å². The summed E-state index contributed by atoms with van der Waals surface area (Å²) in [6.45, 7) is 1.03. The minimum absolute atomic E-state index is 0.410. The molecule has 6 nitrogen and oxygen atoms in total. The molecule has 0 fully saturated rings. The Morgan fingerprint density at radius 1 is 1.44 bits per heavy atom. The van der Waals surface area contributed by atoms with Crippen LogP contribution in [0.4, 0.5) is 0 Å². The van der Waals surface area contributed by atoms with Gasteiger partial charge in [0, 0.05) is 0 Å². The monoisotopic (exact) mass is 227 g/mol. The molecule has 0 aliphatic heterocycles. The van der Waals surface area contributed by atoms with Crippen LogP contribution in [0.25, 0.3) is 0 Å². The van der Waals surface area contributed by atoms with E-state index in [1.165, 1.54) is 14.0 Å². The van der Waals surface area contributed by atoms with Gasteiger partial charge in [-0.15, -0.1) is 10.1 Å². The van der Waals surface area contributed by atoms with E-state index in [0.717, 1.165) is 0 Å². The summed E-state index contributed by atoms with van der Waals surface area (Å²) in [4.78, 5) is 14.2. The lowest BCUT2D eigenvalue weighted by molar-refractivity contribution is -0.761. The second-order valence-electron chi connectivity index (χ2n) is 3.50. The Kier molecular flexibility index (Phi) is 3.68. The van der Waals surface area contributed by atoms with E-state index in [0.29, 0.717) is 11.3 Å². The average Bonchev–Trinajstić information content (AvgIpc) is 2.27. The first-order valence-corrected chi connectivity index (χ1v) is 4.60. The van der Waals surface area contributed by atoms with Gasteiger partial charge in [-0.1, -0.05) is 12.1 Å². The average molecular weight is 227 g/mol. The van der Waals surface area contributed by atoms with Crippen molar-refractivity contribution in [2.45, 2.75) is 12.5 Å². The molecule has 0 bridgehead atoms. The fraction of sp³-hybridized carbons (Fsp3) is 0.400. The van der Waals surface area contributed by atoms with Crippen molar-refractivity contribution < 1.29 is 19.8 Å². The Balaban J connectivity index is 2.76. The van der Waals surface area contributed by atoms with Crippen LogP contribution in [0.2, 0.25) is 0 Å². The standard InChI is InChI=1S/C10H13NO5/c1-10(12,7-16-11(13)14)8-3-5-9(15-2)6-4-8/h3-6,12H,7H2,1-2H3. The zero-order valence-corrected chi connectivity index (χ0v) is 9.04. The molecule has 0 saturated heterocycles. The smallest absolute Gasteiger partial charge is 0.294 e. The quantitative estimate of drug-likeness (QED) is 0.602. The van der Waals surface area contributed by atoms with Gasteiger partial charge < -0.3 is 14.7 Å². The molecule has 0 amide bonds. The Labute approximate surface area is 92.5 Å². The molecule has 0 aliphatic carbocycles. The lowest BCUT2D eigenvalue weighted by atomic mass is 9.97. The molecule has 0 aromatic heterocycles. The summed E-state index contributed by atoms with van der Waals surface area (Å²) in [6.07, 6.45) is 0. The molecule has 0 radical (unpaired) electrons. The summed E-state index contributed by atoms with van der Waals surface area (Å²) in [5.74, 6) is 0.648. The van der Waals surface area contributed by atoms with E-state index in [2.05, 4.69) is 4.84 Å². The van der Waals surface area contributed by atoms with Crippen LogP contribution in [-0.2, 0) is 10.4 Å². The van der Waals surface area contributed by atoms with Crippen molar-refractivity contribution in [1.82, 2.24) is 0 Å². The Morgan fingerprint density at radius 2 is 2.00 bits per heavy atom. The number of rotatable bonds is 5.